The van der Waals surface area contributed by atoms with E-state index in [9.17, 15) is 4.79 Å². The minimum Gasteiger partial charge on any atom is -0.360 e. The molecule has 0 saturated heterocycles. The fourth-order valence-corrected chi connectivity index (χ4v) is 1.94. The zero-order chi connectivity index (χ0) is 12.0. The Hall–Kier alpha value is -1.01. The first-order chi connectivity index (χ1) is 7.61. The van der Waals surface area contributed by atoms with Crippen molar-refractivity contribution in [2.45, 2.75) is 13.8 Å². The molecule has 3 N–H and O–H groups in total. The van der Waals surface area contributed by atoms with Gasteiger partial charge in [-0.25, -0.2) is 0 Å². The van der Waals surface area contributed by atoms with Crippen molar-refractivity contribution >= 4 is 23.5 Å². The van der Waals surface area contributed by atoms with Gasteiger partial charge >= 0.3 is 0 Å². The van der Waals surface area contributed by atoms with Gasteiger partial charge in [0.15, 0.2) is 5.82 Å². The second kappa shape index (κ2) is 6.55. The molecule has 1 atom stereocenters. The van der Waals surface area contributed by atoms with Crippen LogP contribution in [0.5, 0.6) is 0 Å². The van der Waals surface area contributed by atoms with E-state index in [1.165, 1.54) is 0 Å². The highest BCUT2D eigenvalue weighted by atomic mass is 32.2. The summed E-state index contributed by atoms with van der Waals surface area (Å²) in [5.74, 6) is 2.82. The van der Waals surface area contributed by atoms with Crippen LogP contribution in [-0.2, 0) is 4.79 Å². The van der Waals surface area contributed by atoms with Gasteiger partial charge in [0.2, 0.25) is 5.91 Å². The number of nitrogens with two attached hydrogens (primary N) is 1. The summed E-state index contributed by atoms with van der Waals surface area (Å²) in [5.41, 5.74) is 5.48. The molecule has 0 aliphatic carbocycles. The van der Waals surface area contributed by atoms with Gasteiger partial charge in [-0.3, -0.25) is 4.79 Å². The predicted molar refractivity (Wildman–Crippen MR) is 65.4 cm³/mol. The Labute approximate surface area is 99.1 Å². The third-order valence-electron chi connectivity index (χ3n) is 1.93. The molecule has 0 fully saturated rings. The number of thioether (sulfide) groups is 1. The van der Waals surface area contributed by atoms with Crippen molar-refractivity contribution in [1.29, 1.82) is 0 Å². The van der Waals surface area contributed by atoms with Crippen molar-refractivity contribution in [3.05, 3.63) is 11.8 Å². The summed E-state index contributed by atoms with van der Waals surface area (Å²) in [7, 11) is 0. The lowest BCUT2D eigenvalue weighted by atomic mass is 10.2. The zero-order valence-corrected chi connectivity index (χ0v) is 10.3. The van der Waals surface area contributed by atoms with Crippen LogP contribution in [0.25, 0.3) is 0 Å². The van der Waals surface area contributed by atoms with E-state index in [4.69, 9.17) is 10.3 Å². The van der Waals surface area contributed by atoms with Gasteiger partial charge in [-0.2, -0.15) is 11.8 Å². The Morgan fingerprint density at radius 2 is 2.50 bits per heavy atom. The second-order valence-electron chi connectivity index (χ2n) is 3.73. The number of carbonyl (C=O) groups is 1. The van der Waals surface area contributed by atoms with Crippen molar-refractivity contribution in [3.8, 4) is 0 Å². The van der Waals surface area contributed by atoms with E-state index >= 15 is 0 Å². The van der Waals surface area contributed by atoms with Gasteiger partial charge in [-0.05, 0) is 25.1 Å². The number of hydrogen-bond acceptors (Lipinski definition) is 5. The summed E-state index contributed by atoms with van der Waals surface area (Å²) in [4.78, 5) is 11.4. The monoisotopic (exact) mass is 243 g/mol. The molecule has 1 rings (SSSR count). The molecule has 0 bridgehead atoms. The van der Waals surface area contributed by atoms with Crippen molar-refractivity contribution in [1.82, 2.24) is 5.16 Å². The predicted octanol–water partition coefficient (Wildman–Crippen LogP) is 1.25. The lowest BCUT2D eigenvalue weighted by Crippen LogP contribution is -2.17. The summed E-state index contributed by atoms with van der Waals surface area (Å²) in [6, 6.07) is 1.69. The van der Waals surface area contributed by atoms with Gasteiger partial charge < -0.3 is 15.6 Å². The van der Waals surface area contributed by atoms with Crippen LogP contribution in [0.2, 0.25) is 0 Å². The lowest BCUT2D eigenvalue weighted by molar-refractivity contribution is -0.113. The maximum absolute atomic E-state index is 11.4. The minimum atomic E-state index is -0.0671. The van der Waals surface area contributed by atoms with E-state index < -0.39 is 0 Å². The van der Waals surface area contributed by atoms with Crippen molar-refractivity contribution < 1.29 is 9.32 Å². The summed E-state index contributed by atoms with van der Waals surface area (Å²) in [6.45, 7) is 4.49. The summed E-state index contributed by atoms with van der Waals surface area (Å²) >= 11 is 1.57. The number of rotatable bonds is 6. The molecule has 1 unspecified atom stereocenters. The van der Waals surface area contributed by atoms with Crippen LogP contribution in [0.3, 0.4) is 0 Å². The van der Waals surface area contributed by atoms with Crippen LogP contribution < -0.4 is 11.1 Å². The number of hydrogen-bond donors (Lipinski definition) is 2. The molecule has 90 valence electrons. The normalized spacial score (nSPS) is 12.4. The quantitative estimate of drug-likeness (QED) is 0.786. The molecule has 0 aliphatic rings. The first-order valence-corrected chi connectivity index (χ1v) is 6.28. The van der Waals surface area contributed by atoms with Crippen molar-refractivity contribution in [2.24, 2.45) is 11.7 Å². The molecular formula is C10H17N3O2S. The van der Waals surface area contributed by atoms with Gasteiger partial charge in [-0.1, -0.05) is 12.1 Å². The average Bonchev–Trinajstić information content (AvgIpc) is 2.63. The van der Waals surface area contributed by atoms with Gasteiger partial charge in [0.05, 0.1) is 5.75 Å². The molecule has 16 heavy (non-hydrogen) atoms. The largest absolute Gasteiger partial charge is 0.360 e. The molecule has 6 heteroatoms. The molecule has 0 spiro atoms. The van der Waals surface area contributed by atoms with Crippen LogP contribution in [0.4, 0.5) is 5.82 Å². The van der Waals surface area contributed by atoms with E-state index in [0.717, 1.165) is 5.75 Å². The molecule has 1 heterocycles. The maximum atomic E-state index is 11.4. The Morgan fingerprint density at radius 3 is 3.06 bits per heavy atom. The number of nitrogens with one attached hydrogen (secondary N) is 1. The molecule has 0 saturated carbocycles. The number of carbonyl (C=O) groups excluding carboxylic acids is 1. The second-order valence-corrected chi connectivity index (χ2v) is 4.76. The topological polar surface area (TPSA) is 81.2 Å². The minimum absolute atomic E-state index is 0.0671. The van der Waals surface area contributed by atoms with Gasteiger partial charge in [0, 0.05) is 6.07 Å². The van der Waals surface area contributed by atoms with Crippen molar-refractivity contribution in [3.63, 3.8) is 0 Å². The zero-order valence-electron chi connectivity index (χ0n) is 9.53. The lowest BCUT2D eigenvalue weighted by Gasteiger charge is -2.06. The highest BCUT2D eigenvalue weighted by Crippen LogP contribution is 2.10. The van der Waals surface area contributed by atoms with Crippen LogP contribution in [0.1, 0.15) is 12.7 Å². The average molecular weight is 243 g/mol. The van der Waals surface area contributed by atoms with Crippen LogP contribution in [-0.4, -0.2) is 29.1 Å². The third kappa shape index (κ3) is 4.67. The number of anilines is 1. The molecule has 1 aromatic heterocycles. The molecule has 1 amide bonds. The third-order valence-corrected chi connectivity index (χ3v) is 3.20. The Balaban J connectivity index is 2.21. The fraction of sp³-hybridized carbons (Fsp3) is 0.600. The Bertz CT molecular complexity index is 341. The molecule has 1 aromatic rings. The first kappa shape index (κ1) is 13.1. The highest BCUT2D eigenvalue weighted by molar-refractivity contribution is 7.99. The Morgan fingerprint density at radius 1 is 1.75 bits per heavy atom. The number of aromatic nitrogens is 1. The summed E-state index contributed by atoms with van der Waals surface area (Å²) in [6.07, 6.45) is 0. The van der Waals surface area contributed by atoms with E-state index in [0.29, 0.717) is 29.8 Å². The molecule has 5 nitrogen and oxygen atoms in total. The summed E-state index contributed by atoms with van der Waals surface area (Å²) < 4.78 is 4.84. The standard InChI is InChI=1S/C10H17N3O2S/c1-7(4-11)5-16-6-10(14)12-9-3-8(2)15-13-9/h3,7H,4-6,11H2,1-2H3,(H,12,13,14). The molecule has 0 aromatic carbocycles. The molecular weight excluding hydrogens is 226 g/mol. The van der Waals surface area contributed by atoms with Gasteiger partial charge in [-0.15, -0.1) is 0 Å². The number of amides is 1. The number of nitrogens with zero attached hydrogens (tertiary/aromatic N) is 1. The molecule has 0 aliphatic heterocycles. The highest BCUT2D eigenvalue weighted by Gasteiger charge is 2.07. The van der Waals surface area contributed by atoms with Crippen LogP contribution in [0.15, 0.2) is 10.6 Å². The van der Waals surface area contributed by atoms with Crippen LogP contribution in [0, 0.1) is 12.8 Å². The SMILES string of the molecule is Cc1cc(NC(=O)CSCC(C)CN)no1. The fourth-order valence-electron chi connectivity index (χ4n) is 1.03. The summed E-state index contributed by atoms with van der Waals surface area (Å²) in [5, 5.41) is 6.34. The first-order valence-electron chi connectivity index (χ1n) is 5.12. The van der Waals surface area contributed by atoms with E-state index in [-0.39, 0.29) is 5.91 Å². The molecule has 0 radical (unpaired) electrons. The maximum Gasteiger partial charge on any atom is 0.235 e. The van der Waals surface area contributed by atoms with E-state index in [1.807, 2.05) is 0 Å². The smallest absolute Gasteiger partial charge is 0.235 e. The van der Waals surface area contributed by atoms with Gasteiger partial charge in [0.1, 0.15) is 5.76 Å². The van der Waals surface area contributed by atoms with Crippen molar-refractivity contribution in [2.75, 3.05) is 23.4 Å². The van der Waals surface area contributed by atoms with E-state index in [1.54, 1.807) is 24.8 Å². The van der Waals surface area contributed by atoms with Gasteiger partial charge in [0.25, 0.3) is 0 Å². The van der Waals surface area contributed by atoms with Crippen LogP contribution >= 0.6 is 11.8 Å². The Kier molecular flexibility index (Phi) is 5.34. The van der Waals surface area contributed by atoms with E-state index in [2.05, 4.69) is 17.4 Å². The number of aryl methyl sites for hydroxylation is 1.